The Labute approximate surface area is 51.0 Å². The summed E-state index contributed by atoms with van der Waals surface area (Å²) in [5.41, 5.74) is 0. The molecule has 0 rings (SSSR count). The first-order chi connectivity index (χ1) is 3.41. The Morgan fingerprint density at radius 1 is 1.43 bits per heavy atom. The highest BCUT2D eigenvalue weighted by Gasteiger charge is 1.68. The molecule has 0 atom stereocenters. The summed E-state index contributed by atoms with van der Waals surface area (Å²) < 4.78 is 0. The summed E-state index contributed by atoms with van der Waals surface area (Å²) in [5, 5.41) is 0. The number of allylic oxidation sites excluding steroid dienone is 1. The fraction of sp³-hybridized carbons (Fsp3) is 0.667. The number of hydrogen-bond donors (Lipinski definition) is 1. The van der Waals surface area contributed by atoms with Crippen molar-refractivity contribution >= 4 is 12.6 Å². The molecule has 0 amide bonds. The fourth-order valence-corrected chi connectivity index (χ4v) is 0.508. The molecule has 0 nitrogen and oxygen atoms in total. The van der Waals surface area contributed by atoms with Crippen molar-refractivity contribution < 1.29 is 0 Å². The average Bonchev–Trinajstić information content (AvgIpc) is 1.69. The first-order valence-electron chi connectivity index (χ1n) is 2.67. The van der Waals surface area contributed by atoms with Crippen LogP contribution in [0.2, 0.25) is 0 Å². The highest BCUT2D eigenvalue weighted by molar-refractivity contribution is 7.80. The van der Waals surface area contributed by atoms with Gasteiger partial charge in [0.25, 0.3) is 0 Å². The van der Waals surface area contributed by atoms with Gasteiger partial charge in [0.15, 0.2) is 0 Å². The van der Waals surface area contributed by atoms with Gasteiger partial charge < -0.3 is 0 Å². The van der Waals surface area contributed by atoms with Crippen molar-refractivity contribution in [1.29, 1.82) is 0 Å². The Kier molecular flexibility index (Phi) is 6.17. The van der Waals surface area contributed by atoms with E-state index in [0.29, 0.717) is 0 Å². The van der Waals surface area contributed by atoms with Crippen LogP contribution in [0.25, 0.3) is 0 Å². The van der Waals surface area contributed by atoms with E-state index in [2.05, 4.69) is 31.7 Å². The quantitative estimate of drug-likeness (QED) is 0.424. The lowest BCUT2D eigenvalue weighted by Crippen LogP contribution is -1.61. The van der Waals surface area contributed by atoms with Crippen molar-refractivity contribution in [2.75, 3.05) is 5.75 Å². The van der Waals surface area contributed by atoms with Crippen molar-refractivity contribution in [3.8, 4) is 0 Å². The maximum Gasteiger partial charge on any atom is 0.00825 e. The van der Waals surface area contributed by atoms with Crippen LogP contribution >= 0.6 is 12.6 Å². The van der Waals surface area contributed by atoms with Gasteiger partial charge in [-0.15, -0.1) is 0 Å². The van der Waals surface area contributed by atoms with Gasteiger partial charge in [0.2, 0.25) is 0 Å². The van der Waals surface area contributed by atoms with Gasteiger partial charge in [-0.3, -0.25) is 0 Å². The summed E-state index contributed by atoms with van der Waals surface area (Å²) in [6.45, 7) is 2.17. The Morgan fingerprint density at radius 3 is 2.57 bits per heavy atom. The predicted molar refractivity (Wildman–Crippen MR) is 37.9 cm³/mol. The van der Waals surface area contributed by atoms with Gasteiger partial charge in [-0.1, -0.05) is 25.5 Å². The summed E-state index contributed by atoms with van der Waals surface area (Å²) in [4.78, 5) is 0. The maximum absolute atomic E-state index is 4.01. The third kappa shape index (κ3) is 6.09. The second-order valence-electron chi connectivity index (χ2n) is 1.44. The van der Waals surface area contributed by atoms with E-state index in [4.69, 9.17) is 0 Å². The number of hydrogen-bond acceptors (Lipinski definition) is 1. The van der Waals surface area contributed by atoms with E-state index in [9.17, 15) is 0 Å². The van der Waals surface area contributed by atoms with E-state index in [-0.39, 0.29) is 0 Å². The Hall–Kier alpha value is 0.0900. The normalized spacial score (nSPS) is 10.6. The van der Waals surface area contributed by atoms with Crippen LogP contribution in [0, 0.1) is 0 Å². The molecule has 0 aromatic rings. The molecule has 0 unspecified atom stereocenters. The maximum atomic E-state index is 4.01. The lowest BCUT2D eigenvalue weighted by molar-refractivity contribution is 0.957. The highest BCUT2D eigenvalue weighted by atomic mass is 32.1. The summed E-state index contributed by atoms with van der Waals surface area (Å²) in [6.07, 6.45) is 6.67. The zero-order valence-corrected chi connectivity index (χ0v) is 5.62. The van der Waals surface area contributed by atoms with Gasteiger partial charge in [-0.05, 0) is 6.42 Å². The summed E-state index contributed by atoms with van der Waals surface area (Å²) in [6, 6.07) is 0. The van der Waals surface area contributed by atoms with Gasteiger partial charge in [-0.25, -0.2) is 0 Å². The van der Waals surface area contributed by atoms with Gasteiger partial charge in [-0.2, -0.15) is 12.6 Å². The van der Waals surface area contributed by atoms with Crippen LogP contribution < -0.4 is 0 Å². The molecule has 0 aliphatic carbocycles. The third-order valence-corrected chi connectivity index (χ3v) is 0.938. The third-order valence-electron chi connectivity index (χ3n) is 0.727. The van der Waals surface area contributed by atoms with E-state index in [0.717, 1.165) is 5.75 Å². The topological polar surface area (TPSA) is 0 Å². The molecule has 0 aliphatic heterocycles. The van der Waals surface area contributed by atoms with Crippen LogP contribution in [-0.4, -0.2) is 5.75 Å². The molecule has 0 radical (unpaired) electrons. The Bertz CT molecular complexity index is 48.1. The van der Waals surface area contributed by atoms with Crippen molar-refractivity contribution in [3.05, 3.63) is 12.2 Å². The van der Waals surface area contributed by atoms with E-state index in [1.807, 2.05) is 0 Å². The lowest BCUT2D eigenvalue weighted by Gasteiger charge is -1.79. The summed E-state index contributed by atoms with van der Waals surface area (Å²) in [5.74, 6) is 0.875. The Morgan fingerprint density at radius 2 is 2.14 bits per heavy atom. The number of unbranched alkanes of at least 4 members (excludes halogenated alkanes) is 1. The second kappa shape index (κ2) is 6.09. The van der Waals surface area contributed by atoms with Crippen molar-refractivity contribution in [2.45, 2.75) is 19.8 Å². The molecule has 0 fully saturated rings. The minimum absolute atomic E-state index is 0.875. The fourth-order valence-electron chi connectivity index (χ4n) is 0.359. The van der Waals surface area contributed by atoms with Gasteiger partial charge in [0, 0.05) is 5.75 Å². The van der Waals surface area contributed by atoms with Crippen molar-refractivity contribution in [1.82, 2.24) is 0 Å². The van der Waals surface area contributed by atoms with Crippen LogP contribution in [0.3, 0.4) is 0 Å². The van der Waals surface area contributed by atoms with E-state index >= 15 is 0 Å². The molecule has 0 heterocycles. The molecule has 0 saturated carbocycles. The molecule has 42 valence electrons. The van der Waals surface area contributed by atoms with Crippen molar-refractivity contribution in [3.63, 3.8) is 0 Å². The van der Waals surface area contributed by atoms with Crippen LogP contribution in [0.1, 0.15) is 19.8 Å². The molecule has 1 heteroatoms. The predicted octanol–water partition coefficient (Wildman–Crippen LogP) is 2.27. The molecule has 0 aromatic heterocycles. The highest BCUT2D eigenvalue weighted by Crippen LogP contribution is 1.87. The zero-order valence-electron chi connectivity index (χ0n) is 4.72. The van der Waals surface area contributed by atoms with Crippen LogP contribution in [0.15, 0.2) is 12.2 Å². The average molecular weight is 116 g/mol. The second-order valence-corrected chi connectivity index (χ2v) is 1.81. The smallest absolute Gasteiger partial charge is 0.00825 e. The first-order valence-corrected chi connectivity index (χ1v) is 3.31. The van der Waals surface area contributed by atoms with Crippen LogP contribution in [-0.2, 0) is 0 Å². The number of rotatable bonds is 3. The molecular formula is C6H12S. The monoisotopic (exact) mass is 116 g/mol. The molecule has 7 heavy (non-hydrogen) atoms. The Balaban J connectivity index is 2.78. The summed E-state index contributed by atoms with van der Waals surface area (Å²) in [7, 11) is 0. The van der Waals surface area contributed by atoms with Gasteiger partial charge in [0.1, 0.15) is 0 Å². The first kappa shape index (κ1) is 7.09. The molecule has 0 N–H and O–H groups in total. The van der Waals surface area contributed by atoms with E-state index in [1.165, 1.54) is 12.8 Å². The largest absolute Gasteiger partial charge is 0.175 e. The van der Waals surface area contributed by atoms with E-state index < -0.39 is 0 Å². The lowest BCUT2D eigenvalue weighted by atomic mass is 10.3. The standard InChI is InChI=1S/C6H12S/c1-2-3-4-5-6-7/h4-5,7H,2-3,6H2,1H3/b5-4-. The van der Waals surface area contributed by atoms with E-state index in [1.54, 1.807) is 0 Å². The number of thiol groups is 1. The van der Waals surface area contributed by atoms with Crippen LogP contribution in [0.5, 0.6) is 0 Å². The molecule has 0 saturated heterocycles. The molecule has 0 aromatic carbocycles. The molecule has 0 bridgehead atoms. The zero-order chi connectivity index (χ0) is 5.54. The van der Waals surface area contributed by atoms with Gasteiger partial charge >= 0.3 is 0 Å². The molecule has 0 spiro atoms. The molecular weight excluding hydrogens is 104 g/mol. The van der Waals surface area contributed by atoms with Crippen LogP contribution in [0.4, 0.5) is 0 Å². The minimum atomic E-state index is 0.875. The summed E-state index contributed by atoms with van der Waals surface area (Å²) >= 11 is 4.01. The van der Waals surface area contributed by atoms with Gasteiger partial charge in [0.05, 0.1) is 0 Å². The SMILES string of the molecule is CCC/C=C\CS. The molecule has 0 aliphatic rings. The van der Waals surface area contributed by atoms with Crippen molar-refractivity contribution in [2.24, 2.45) is 0 Å². The minimum Gasteiger partial charge on any atom is -0.175 e.